The summed E-state index contributed by atoms with van der Waals surface area (Å²) in [5.41, 5.74) is 6.44. The van der Waals surface area contributed by atoms with Crippen LogP contribution in [0.3, 0.4) is 0 Å². The molecule has 0 bridgehead atoms. The number of aromatic amines is 1. The zero-order valence-corrected chi connectivity index (χ0v) is 11.3. The third-order valence-corrected chi connectivity index (χ3v) is 3.59. The Morgan fingerprint density at radius 1 is 1.50 bits per heavy atom. The van der Waals surface area contributed by atoms with Gasteiger partial charge in [0.1, 0.15) is 0 Å². The number of benzene rings is 1. The van der Waals surface area contributed by atoms with Crippen LogP contribution in [-0.4, -0.2) is 20.9 Å². The summed E-state index contributed by atoms with van der Waals surface area (Å²) in [6.07, 6.45) is 1.99. The molecule has 0 amide bonds. The SMILES string of the molecule is CCC(N)C(C)c1cc2nc[nH]c(=O)c2cc1[N+](=O)[O-]. The molecule has 0 aliphatic heterocycles. The third kappa shape index (κ3) is 2.39. The first-order valence-corrected chi connectivity index (χ1v) is 6.37. The maximum absolute atomic E-state index is 11.7. The van der Waals surface area contributed by atoms with Crippen LogP contribution in [0.5, 0.6) is 0 Å². The Morgan fingerprint density at radius 2 is 2.20 bits per heavy atom. The van der Waals surface area contributed by atoms with Gasteiger partial charge in [-0.1, -0.05) is 13.8 Å². The normalized spacial score (nSPS) is 14.2. The van der Waals surface area contributed by atoms with Gasteiger partial charge in [-0.25, -0.2) is 4.98 Å². The zero-order valence-electron chi connectivity index (χ0n) is 11.3. The van der Waals surface area contributed by atoms with E-state index in [4.69, 9.17) is 5.73 Å². The molecule has 2 atom stereocenters. The minimum absolute atomic E-state index is 0.0904. The van der Waals surface area contributed by atoms with Crippen LogP contribution in [0.2, 0.25) is 0 Å². The van der Waals surface area contributed by atoms with E-state index < -0.39 is 10.5 Å². The largest absolute Gasteiger partial charge is 0.327 e. The lowest BCUT2D eigenvalue weighted by Gasteiger charge is -2.18. The first-order chi connectivity index (χ1) is 9.45. The number of nitrogens with zero attached hydrogens (tertiary/aromatic N) is 2. The number of fused-ring (bicyclic) bond motifs is 1. The Kier molecular flexibility index (Phi) is 3.80. The molecule has 0 radical (unpaired) electrons. The van der Waals surface area contributed by atoms with Gasteiger partial charge in [-0.05, 0) is 12.5 Å². The predicted molar refractivity (Wildman–Crippen MR) is 75.7 cm³/mol. The quantitative estimate of drug-likeness (QED) is 0.651. The summed E-state index contributed by atoms with van der Waals surface area (Å²) in [6, 6.07) is 2.67. The Labute approximate surface area is 115 Å². The minimum Gasteiger partial charge on any atom is -0.327 e. The second-order valence-electron chi connectivity index (χ2n) is 4.78. The van der Waals surface area contributed by atoms with Gasteiger partial charge in [-0.2, -0.15) is 0 Å². The monoisotopic (exact) mass is 276 g/mol. The van der Waals surface area contributed by atoms with Gasteiger partial charge in [0.25, 0.3) is 11.2 Å². The van der Waals surface area contributed by atoms with E-state index in [0.29, 0.717) is 17.5 Å². The standard InChI is InChI=1S/C13H16N4O3/c1-3-10(14)7(2)8-4-11-9(5-12(8)17(19)20)13(18)16-6-15-11/h4-7,10H,3,14H2,1-2H3,(H,15,16,18). The Bertz CT molecular complexity index is 710. The van der Waals surface area contributed by atoms with Gasteiger partial charge >= 0.3 is 0 Å². The molecule has 3 N–H and O–H groups in total. The third-order valence-electron chi connectivity index (χ3n) is 3.59. The first kappa shape index (κ1) is 14.1. The average Bonchev–Trinajstić information content (AvgIpc) is 2.44. The number of hydrogen-bond acceptors (Lipinski definition) is 5. The van der Waals surface area contributed by atoms with Gasteiger partial charge < -0.3 is 10.7 Å². The van der Waals surface area contributed by atoms with Crippen LogP contribution in [-0.2, 0) is 0 Å². The van der Waals surface area contributed by atoms with Crippen LogP contribution in [0.15, 0.2) is 23.3 Å². The second kappa shape index (κ2) is 5.38. The van der Waals surface area contributed by atoms with Crippen LogP contribution >= 0.6 is 0 Å². The number of aromatic nitrogens is 2. The van der Waals surface area contributed by atoms with Gasteiger partial charge in [0, 0.05) is 23.6 Å². The van der Waals surface area contributed by atoms with Crippen molar-refractivity contribution < 1.29 is 4.92 Å². The number of nitrogens with one attached hydrogen (secondary N) is 1. The molecule has 2 aromatic rings. The first-order valence-electron chi connectivity index (χ1n) is 6.37. The lowest BCUT2D eigenvalue weighted by atomic mass is 9.90. The van der Waals surface area contributed by atoms with Crippen molar-refractivity contribution in [2.75, 3.05) is 0 Å². The molecule has 20 heavy (non-hydrogen) atoms. The fraction of sp³-hybridized carbons (Fsp3) is 0.385. The fourth-order valence-electron chi connectivity index (χ4n) is 2.23. The Morgan fingerprint density at radius 3 is 2.80 bits per heavy atom. The van der Waals surface area contributed by atoms with Crippen LogP contribution < -0.4 is 11.3 Å². The van der Waals surface area contributed by atoms with E-state index in [1.165, 1.54) is 12.4 Å². The minimum atomic E-state index is -0.486. The van der Waals surface area contributed by atoms with Crippen molar-refractivity contribution in [1.29, 1.82) is 0 Å². The molecule has 2 unspecified atom stereocenters. The van der Waals surface area contributed by atoms with Gasteiger partial charge in [0.15, 0.2) is 0 Å². The molecule has 7 nitrogen and oxygen atoms in total. The van der Waals surface area contributed by atoms with E-state index >= 15 is 0 Å². The van der Waals surface area contributed by atoms with Crippen LogP contribution in [0.4, 0.5) is 5.69 Å². The van der Waals surface area contributed by atoms with Gasteiger partial charge in [0.2, 0.25) is 0 Å². The van der Waals surface area contributed by atoms with Crippen LogP contribution in [0.25, 0.3) is 10.9 Å². The van der Waals surface area contributed by atoms with E-state index in [-0.39, 0.29) is 23.0 Å². The van der Waals surface area contributed by atoms with Crippen molar-refractivity contribution in [3.63, 3.8) is 0 Å². The molecule has 0 saturated carbocycles. The summed E-state index contributed by atoms with van der Waals surface area (Å²) in [6.45, 7) is 3.77. The Hall–Kier alpha value is -2.28. The fourth-order valence-corrected chi connectivity index (χ4v) is 2.23. The highest BCUT2D eigenvalue weighted by Gasteiger charge is 2.24. The van der Waals surface area contributed by atoms with Gasteiger partial charge in [-0.15, -0.1) is 0 Å². The van der Waals surface area contributed by atoms with Crippen molar-refractivity contribution >= 4 is 16.6 Å². The summed E-state index contributed by atoms with van der Waals surface area (Å²) in [5, 5.41) is 11.4. The molecular weight excluding hydrogens is 260 g/mol. The smallest absolute Gasteiger partial charge is 0.273 e. The van der Waals surface area contributed by atoms with Crippen molar-refractivity contribution in [2.24, 2.45) is 5.73 Å². The molecule has 106 valence electrons. The van der Waals surface area contributed by atoms with E-state index in [1.807, 2.05) is 13.8 Å². The second-order valence-corrected chi connectivity index (χ2v) is 4.78. The lowest BCUT2D eigenvalue weighted by Crippen LogP contribution is -2.26. The number of nitro groups is 1. The van der Waals surface area contributed by atoms with Crippen molar-refractivity contribution in [3.05, 3.63) is 44.5 Å². The molecule has 7 heteroatoms. The molecule has 0 spiro atoms. The number of hydrogen-bond donors (Lipinski definition) is 2. The van der Waals surface area contributed by atoms with E-state index in [1.54, 1.807) is 6.07 Å². The lowest BCUT2D eigenvalue weighted by molar-refractivity contribution is -0.385. The number of rotatable bonds is 4. The summed E-state index contributed by atoms with van der Waals surface area (Å²) < 4.78 is 0. The molecule has 2 rings (SSSR count). The molecule has 1 heterocycles. The number of nitro benzene ring substituents is 1. The van der Waals surface area contributed by atoms with Crippen LogP contribution in [0.1, 0.15) is 31.7 Å². The maximum Gasteiger partial charge on any atom is 0.273 e. The highest BCUT2D eigenvalue weighted by molar-refractivity contribution is 5.81. The summed E-state index contributed by atoms with van der Waals surface area (Å²) in [4.78, 5) is 28.9. The number of H-pyrrole nitrogens is 1. The van der Waals surface area contributed by atoms with E-state index in [9.17, 15) is 14.9 Å². The molecule has 0 saturated heterocycles. The number of nitrogens with two attached hydrogens (primary N) is 1. The highest BCUT2D eigenvalue weighted by atomic mass is 16.6. The molecule has 0 aliphatic rings. The highest BCUT2D eigenvalue weighted by Crippen LogP contribution is 2.31. The molecule has 1 aromatic heterocycles. The topological polar surface area (TPSA) is 115 Å². The summed E-state index contributed by atoms with van der Waals surface area (Å²) >= 11 is 0. The zero-order chi connectivity index (χ0) is 14.9. The molecular formula is C13H16N4O3. The predicted octanol–water partition coefficient (Wildman–Crippen LogP) is 1.67. The van der Waals surface area contributed by atoms with E-state index in [2.05, 4.69) is 9.97 Å². The molecule has 0 fully saturated rings. The average molecular weight is 276 g/mol. The van der Waals surface area contributed by atoms with Crippen molar-refractivity contribution in [2.45, 2.75) is 32.2 Å². The maximum atomic E-state index is 11.7. The van der Waals surface area contributed by atoms with Crippen LogP contribution in [0, 0.1) is 10.1 Å². The van der Waals surface area contributed by atoms with Gasteiger partial charge in [0.05, 0.1) is 22.2 Å². The van der Waals surface area contributed by atoms with E-state index in [0.717, 1.165) is 0 Å². The Balaban J connectivity index is 2.72. The summed E-state index contributed by atoms with van der Waals surface area (Å²) in [5.74, 6) is -0.189. The summed E-state index contributed by atoms with van der Waals surface area (Å²) in [7, 11) is 0. The van der Waals surface area contributed by atoms with Crippen molar-refractivity contribution in [3.8, 4) is 0 Å². The van der Waals surface area contributed by atoms with Crippen molar-refractivity contribution in [1.82, 2.24) is 9.97 Å². The molecule has 0 aliphatic carbocycles. The van der Waals surface area contributed by atoms with Gasteiger partial charge in [-0.3, -0.25) is 14.9 Å². The molecule has 1 aromatic carbocycles.